The van der Waals surface area contributed by atoms with E-state index in [9.17, 15) is 0 Å². The van der Waals surface area contributed by atoms with Crippen molar-refractivity contribution in [1.82, 2.24) is 0 Å². The van der Waals surface area contributed by atoms with Crippen LogP contribution in [-0.4, -0.2) is 0 Å². The van der Waals surface area contributed by atoms with Crippen LogP contribution in [0.2, 0.25) is 5.02 Å². The molecule has 0 aliphatic carbocycles. The lowest BCUT2D eigenvalue weighted by atomic mass is 9.94. The number of fused-ring (bicyclic) bond motifs is 9. The van der Waals surface area contributed by atoms with Crippen molar-refractivity contribution in [2.45, 2.75) is 6.42 Å². The molecule has 5 aromatic carbocycles. The molecule has 0 aliphatic heterocycles. The van der Waals surface area contributed by atoms with Gasteiger partial charge in [0.1, 0.15) is 22.3 Å². The number of rotatable bonds is 2. The van der Waals surface area contributed by atoms with Gasteiger partial charge < -0.3 is 8.83 Å². The Labute approximate surface area is 188 Å². The van der Waals surface area contributed by atoms with Crippen molar-refractivity contribution < 1.29 is 8.83 Å². The van der Waals surface area contributed by atoms with Gasteiger partial charge in [0.2, 0.25) is 0 Å². The minimum Gasteiger partial charge on any atom is -0.456 e. The van der Waals surface area contributed by atoms with Crippen LogP contribution in [0.5, 0.6) is 0 Å². The van der Waals surface area contributed by atoms with Gasteiger partial charge in [-0.2, -0.15) is 0 Å². The van der Waals surface area contributed by atoms with Crippen LogP contribution in [0.3, 0.4) is 0 Å². The van der Waals surface area contributed by atoms with Crippen LogP contribution < -0.4 is 0 Å². The maximum atomic E-state index is 6.51. The number of hydrogen-bond acceptors (Lipinski definition) is 2. The average molecular weight is 433 g/mol. The van der Waals surface area contributed by atoms with Gasteiger partial charge in [0.25, 0.3) is 0 Å². The van der Waals surface area contributed by atoms with Crippen LogP contribution in [0, 0.1) is 0 Å². The summed E-state index contributed by atoms with van der Waals surface area (Å²) in [4.78, 5) is 0. The third-order valence-electron chi connectivity index (χ3n) is 6.38. The Morgan fingerprint density at radius 2 is 1.25 bits per heavy atom. The SMILES string of the molecule is Clc1ccccc1Cc1cc2ccc3oc4ccccc4c3c2c2c1oc1ccccc12. The third kappa shape index (κ3) is 2.47. The molecule has 0 bridgehead atoms. The van der Waals surface area contributed by atoms with Crippen molar-refractivity contribution in [2.75, 3.05) is 0 Å². The number of para-hydroxylation sites is 2. The molecule has 2 heterocycles. The molecule has 152 valence electrons. The highest BCUT2D eigenvalue weighted by molar-refractivity contribution is 6.32. The first-order valence-corrected chi connectivity index (χ1v) is 11.1. The summed E-state index contributed by atoms with van der Waals surface area (Å²) in [5.41, 5.74) is 5.81. The second-order valence-electron chi connectivity index (χ2n) is 8.24. The highest BCUT2D eigenvalue weighted by Crippen LogP contribution is 2.43. The maximum absolute atomic E-state index is 6.51. The first-order chi connectivity index (χ1) is 15.8. The Kier molecular flexibility index (Phi) is 3.70. The molecule has 32 heavy (non-hydrogen) atoms. The smallest absolute Gasteiger partial charge is 0.139 e. The Bertz CT molecular complexity index is 1820. The van der Waals surface area contributed by atoms with E-state index in [1.807, 2.05) is 42.5 Å². The van der Waals surface area contributed by atoms with E-state index in [0.29, 0.717) is 6.42 Å². The van der Waals surface area contributed by atoms with Gasteiger partial charge in [-0.05, 0) is 41.3 Å². The first kappa shape index (κ1) is 17.9. The van der Waals surface area contributed by atoms with E-state index in [1.165, 1.54) is 10.8 Å². The predicted molar refractivity (Wildman–Crippen MR) is 133 cm³/mol. The second-order valence-corrected chi connectivity index (χ2v) is 8.65. The molecule has 0 fully saturated rings. The minimum absolute atomic E-state index is 0.704. The van der Waals surface area contributed by atoms with E-state index in [-0.39, 0.29) is 0 Å². The van der Waals surface area contributed by atoms with E-state index in [4.69, 9.17) is 20.4 Å². The zero-order valence-electron chi connectivity index (χ0n) is 17.1. The summed E-state index contributed by atoms with van der Waals surface area (Å²) in [6.07, 6.45) is 0.704. The Morgan fingerprint density at radius 3 is 2.06 bits per heavy atom. The van der Waals surface area contributed by atoms with E-state index >= 15 is 0 Å². The standard InChI is InChI=1S/C29H17ClO2/c30-22-10-4-1-7-17(22)15-19-16-18-13-14-25-27(20-8-2-5-11-23(20)31-25)26(18)28-21-9-3-6-12-24(21)32-29(19)28/h1-14,16H,15H2. The second kappa shape index (κ2) is 6.62. The zero-order chi connectivity index (χ0) is 21.2. The summed E-state index contributed by atoms with van der Waals surface area (Å²) >= 11 is 6.51. The molecule has 0 saturated heterocycles. The van der Waals surface area contributed by atoms with Gasteiger partial charge in [-0.15, -0.1) is 0 Å². The molecule has 0 saturated carbocycles. The Balaban J connectivity index is 1.68. The molecule has 0 aliphatic rings. The fraction of sp³-hybridized carbons (Fsp3) is 0.0345. The summed E-state index contributed by atoms with van der Waals surface area (Å²) in [7, 11) is 0. The van der Waals surface area contributed by atoms with Gasteiger partial charge in [-0.25, -0.2) is 0 Å². The molecule has 2 nitrogen and oxygen atoms in total. The van der Waals surface area contributed by atoms with Gasteiger partial charge in [0.15, 0.2) is 0 Å². The molecule has 0 atom stereocenters. The van der Waals surface area contributed by atoms with E-state index in [1.54, 1.807) is 0 Å². The van der Waals surface area contributed by atoms with Gasteiger partial charge in [-0.1, -0.05) is 72.3 Å². The highest BCUT2D eigenvalue weighted by atomic mass is 35.5. The van der Waals surface area contributed by atoms with Crippen LogP contribution in [0.15, 0.2) is 99.8 Å². The molecule has 0 amide bonds. The summed E-state index contributed by atoms with van der Waals surface area (Å²) in [5, 5.41) is 7.63. The van der Waals surface area contributed by atoms with Crippen LogP contribution in [0.25, 0.3) is 54.6 Å². The van der Waals surface area contributed by atoms with Crippen molar-refractivity contribution in [3.63, 3.8) is 0 Å². The minimum atomic E-state index is 0.704. The van der Waals surface area contributed by atoms with Gasteiger partial charge in [0, 0.05) is 43.9 Å². The third-order valence-corrected chi connectivity index (χ3v) is 6.75. The fourth-order valence-corrected chi connectivity index (χ4v) is 5.18. The van der Waals surface area contributed by atoms with Crippen molar-refractivity contribution in [2.24, 2.45) is 0 Å². The lowest BCUT2D eigenvalue weighted by Crippen LogP contribution is -1.91. The van der Waals surface area contributed by atoms with Crippen LogP contribution in [-0.2, 0) is 6.42 Å². The predicted octanol–water partition coefficient (Wildman–Crippen LogP) is 8.88. The molecular weight excluding hydrogens is 416 g/mol. The summed E-state index contributed by atoms with van der Waals surface area (Å²) in [6.45, 7) is 0. The molecule has 7 aromatic rings. The topological polar surface area (TPSA) is 26.3 Å². The molecule has 7 rings (SSSR count). The van der Waals surface area contributed by atoms with Crippen molar-refractivity contribution in [3.8, 4) is 0 Å². The van der Waals surface area contributed by atoms with Crippen LogP contribution in [0.1, 0.15) is 11.1 Å². The first-order valence-electron chi connectivity index (χ1n) is 10.7. The number of benzene rings is 5. The van der Waals surface area contributed by atoms with Crippen LogP contribution in [0.4, 0.5) is 0 Å². The normalized spacial score (nSPS) is 12.0. The van der Waals surface area contributed by atoms with Crippen molar-refractivity contribution in [1.29, 1.82) is 0 Å². The number of halogens is 1. The average Bonchev–Trinajstić information content (AvgIpc) is 3.39. The lowest BCUT2D eigenvalue weighted by Gasteiger charge is -2.09. The van der Waals surface area contributed by atoms with Gasteiger partial charge in [-0.3, -0.25) is 0 Å². The van der Waals surface area contributed by atoms with Gasteiger partial charge in [0.05, 0.1) is 0 Å². The summed E-state index contributed by atoms with van der Waals surface area (Å²) in [5.74, 6) is 0. The van der Waals surface area contributed by atoms with Crippen LogP contribution >= 0.6 is 11.6 Å². The van der Waals surface area contributed by atoms with Crippen molar-refractivity contribution >= 4 is 66.3 Å². The van der Waals surface area contributed by atoms with Crippen molar-refractivity contribution in [3.05, 3.63) is 107 Å². The summed E-state index contributed by atoms with van der Waals surface area (Å²) in [6, 6.07) is 31.0. The molecule has 0 N–H and O–H groups in total. The largest absolute Gasteiger partial charge is 0.456 e. The van der Waals surface area contributed by atoms with Gasteiger partial charge >= 0.3 is 0 Å². The molecule has 0 spiro atoms. The molecule has 3 heteroatoms. The maximum Gasteiger partial charge on any atom is 0.139 e. The quantitative estimate of drug-likeness (QED) is 0.272. The summed E-state index contributed by atoms with van der Waals surface area (Å²) < 4.78 is 12.7. The van der Waals surface area contributed by atoms with E-state index in [2.05, 4.69) is 48.5 Å². The lowest BCUT2D eigenvalue weighted by molar-refractivity contribution is 0.664. The molecule has 0 radical (unpaired) electrons. The fourth-order valence-electron chi connectivity index (χ4n) is 4.97. The Morgan fingerprint density at radius 1 is 0.562 bits per heavy atom. The monoisotopic (exact) mass is 432 g/mol. The number of furan rings is 2. The zero-order valence-corrected chi connectivity index (χ0v) is 17.8. The number of hydrogen-bond donors (Lipinski definition) is 0. The van der Waals surface area contributed by atoms with E-state index < -0.39 is 0 Å². The highest BCUT2D eigenvalue weighted by Gasteiger charge is 2.20. The Hall–Kier alpha value is -3.75. The van der Waals surface area contributed by atoms with E-state index in [0.717, 1.165) is 60.0 Å². The molecule has 2 aromatic heterocycles. The molecular formula is C29H17ClO2. The molecule has 0 unspecified atom stereocenters.